The molecule has 0 saturated carbocycles. The van der Waals surface area contributed by atoms with Crippen molar-refractivity contribution in [3.63, 3.8) is 0 Å². The Morgan fingerprint density at radius 2 is 2.00 bits per heavy atom. The summed E-state index contributed by atoms with van der Waals surface area (Å²) in [5.74, 6) is 0. The Balaban J connectivity index is 2.67. The number of rotatable bonds is 5. The zero-order chi connectivity index (χ0) is 12.2. The fraction of sp³-hybridized carbons (Fsp3) is 0.455. The first-order valence-electron chi connectivity index (χ1n) is 4.91. The van der Waals surface area contributed by atoms with Crippen LogP contribution in [0, 0.1) is 5.41 Å². The zero-order valence-corrected chi connectivity index (χ0v) is 11.3. The van der Waals surface area contributed by atoms with Crippen LogP contribution in [0.1, 0.15) is 6.92 Å². The summed E-state index contributed by atoms with van der Waals surface area (Å²) < 4.78 is 0.859. The average molecular weight is 309 g/mol. The van der Waals surface area contributed by atoms with Gasteiger partial charge in [0.1, 0.15) is 0 Å². The Morgan fingerprint density at radius 3 is 2.50 bits per heavy atom. The quantitative estimate of drug-likeness (QED) is 0.783. The summed E-state index contributed by atoms with van der Waals surface area (Å²) >= 11 is 9.21. The molecular weight excluding hydrogens is 293 g/mol. The number of aliphatic hydroxyl groups is 2. The third-order valence-corrected chi connectivity index (χ3v) is 3.29. The van der Waals surface area contributed by atoms with Crippen molar-refractivity contribution in [2.24, 2.45) is 5.41 Å². The number of halogens is 2. The van der Waals surface area contributed by atoms with Crippen molar-refractivity contribution < 1.29 is 10.2 Å². The molecule has 0 fully saturated rings. The number of benzene rings is 1. The van der Waals surface area contributed by atoms with Crippen LogP contribution >= 0.6 is 27.5 Å². The summed E-state index contributed by atoms with van der Waals surface area (Å²) in [4.78, 5) is 0. The van der Waals surface area contributed by atoms with E-state index in [1.165, 1.54) is 0 Å². The first-order valence-corrected chi connectivity index (χ1v) is 6.08. The monoisotopic (exact) mass is 307 g/mol. The minimum absolute atomic E-state index is 0.0677. The van der Waals surface area contributed by atoms with Crippen molar-refractivity contribution in [1.29, 1.82) is 0 Å². The van der Waals surface area contributed by atoms with E-state index in [9.17, 15) is 0 Å². The molecule has 0 radical (unpaired) electrons. The molecule has 0 bridgehead atoms. The molecular formula is C11H15BrClNO2. The summed E-state index contributed by atoms with van der Waals surface area (Å²) in [5, 5.41) is 22.1. The summed E-state index contributed by atoms with van der Waals surface area (Å²) in [6.07, 6.45) is 0. The van der Waals surface area contributed by atoms with E-state index in [0.717, 1.165) is 10.2 Å². The molecule has 0 heterocycles. The van der Waals surface area contributed by atoms with Gasteiger partial charge in [-0.3, -0.25) is 0 Å². The van der Waals surface area contributed by atoms with E-state index in [0.29, 0.717) is 11.6 Å². The molecule has 0 saturated heterocycles. The van der Waals surface area contributed by atoms with Gasteiger partial charge in [0.2, 0.25) is 0 Å². The van der Waals surface area contributed by atoms with Gasteiger partial charge in [-0.2, -0.15) is 0 Å². The molecule has 0 aromatic heterocycles. The third kappa shape index (κ3) is 3.63. The van der Waals surface area contributed by atoms with Crippen LogP contribution in [0.2, 0.25) is 5.02 Å². The van der Waals surface area contributed by atoms with Crippen LogP contribution in [-0.2, 0) is 0 Å². The summed E-state index contributed by atoms with van der Waals surface area (Å²) in [5.41, 5.74) is 0.358. The van der Waals surface area contributed by atoms with Crippen LogP contribution in [0.4, 0.5) is 5.69 Å². The number of hydrogen-bond acceptors (Lipinski definition) is 3. The fourth-order valence-electron chi connectivity index (χ4n) is 1.10. The van der Waals surface area contributed by atoms with Crippen molar-refractivity contribution in [1.82, 2.24) is 0 Å². The fourth-order valence-corrected chi connectivity index (χ4v) is 1.93. The minimum Gasteiger partial charge on any atom is -0.396 e. The SMILES string of the molecule is CC(CO)(CO)CNc1ccc(Cl)cc1Br. The maximum absolute atomic E-state index is 9.14. The van der Waals surface area contributed by atoms with Crippen LogP contribution < -0.4 is 5.32 Å². The number of anilines is 1. The highest BCUT2D eigenvalue weighted by Crippen LogP contribution is 2.27. The second kappa shape index (κ2) is 5.87. The van der Waals surface area contributed by atoms with E-state index in [1.807, 2.05) is 13.0 Å². The predicted molar refractivity (Wildman–Crippen MR) is 69.9 cm³/mol. The van der Waals surface area contributed by atoms with Gasteiger partial charge in [0.15, 0.2) is 0 Å². The van der Waals surface area contributed by atoms with Crippen molar-refractivity contribution in [3.8, 4) is 0 Å². The van der Waals surface area contributed by atoms with Gasteiger partial charge in [0.25, 0.3) is 0 Å². The molecule has 1 rings (SSSR count). The van der Waals surface area contributed by atoms with Crippen molar-refractivity contribution in [3.05, 3.63) is 27.7 Å². The molecule has 1 aromatic rings. The summed E-state index contributed by atoms with van der Waals surface area (Å²) in [6.45, 7) is 2.16. The highest BCUT2D eigenvalue weighted by molar-refractivity contribution is 9.10. The molecule has 90 valence electrons. The zero-order valence-electron chi connectivity index (χ0n) is 9.00. The van der Waals surface area contributed by atoms with E-state index < -0.39 is 5.41 Å². The Labute approximate surface area is 109 Å². The third-order valence-electron chi connectivity index (χ3n) is 2.40. The maximum atomic E-state index is 9.14. The van der Waals surface area contributed by atoms with Crippen LogP contribution in [0.5, 0.6) is 0 Å². The topological polar surface area (TPSA) is 52.5 Å². The van der Waals surface area contributed by atoms with Gasteiger partial charge in [-0.25, -0.2) is 0 Å². The van der Waals surface area contributed by atoms with Gasteiger partial charge in [-0.1, -0.05) is 18.5 Å². The molecule has 16 heavy (non-hydrogen) atoms. The van der Waals surface area contributed by atoms with Crippen LogP contribution in [0.25, 0.3) is 0 Å². The average Bonchev–Trinajstić information content (AvgIpc) is 2.27. The van der Waals surface area contributed by atoms with E-state index in [4.69, 9.17) is 21.8 Å². The van der Waals surface area contributed by atoms with Gasteiger partial charge >= 0.3 is 0 Å². The molecule has 0 aliphatic rings. The molecule has 0 spiro atoms. The largest absolute Gasteiger partial charge is 0.396 e. The Bertz CT molecular complexity index is 356. The molecule has 5 heteroatoms. The van der Waals surface area contributed by atoms with Crippen molar-refractivity contribution in [2.75, 3.05) is 25.1 Å². The van der Waals surface area contributed by atoms with Gasteiger partial charge in [-0.15, -0.1) is 0 Å². The normalized spacial score (nSPS) is 11.6. The Hall–Kier alpha value is -0.290. The standard InChI is InChI=1S/C11H15BrClNO2/c1-11(6-15,7-16)5-14-10-3-2-8(13)4-9(10)12/h2-4,14-16H,5-7H2,1H3. The lowest BCUT2D eigenvalue weighted by molar-refractivity contribution is 0.0806. The number of hydrogen-bond donors (Lipinski definition) is 3. The molecule has 0 unspecified atom stereocenters. The molecule has 0 atom stereocenters. The van der Waals surface area contributed by atoms with Gasteiger partial charge in [-0.05, 0) is 34.1 Å². The Morgan fingerprint density at radius 1 is 1.38 bits per heavy atom. The second-order valence-corrected chi connectivity index (χ2v) is 5.40. The van der Waals surface area contributed by atoms with Crippen LogP contribution in [-0.4, -0.2) is 30.0 Å². The first kappa shape index (κ1) is 13.8. The highest BCUT2D eigenvalue weighted by Gasteiger charge is 2.22. The van der Waals surface area contributed by atoms with Crippen molar-refractivity contribution >= 4 is 33.2 Å². The second-order valence-electron chi connectivity index (χ2n) is 4.10. The predicted octanol–water partition coefficient (Wildman–Crippen LogP) is 2.51. The Kier molecular flexibility index (Phi) is 5.05. The molecule has 0 amide bonds. The van der Waals surface area contributed by atoms with E-state index in [-0.39, 0.29) is 13.2 Å². The summed E-state index contributed by atoms with van der Waals surface area (Å²) in [7, 11) is 0. The molecule has 0 aliphatic heterocycles. The minimum atomic E-state index is -0.529. The molecule has 1 aromatic carbocycles. The first-order chi connectivity index (χ1) is 7.50. The molecule has 3 nitrogen and oxygen atoms in total. The summed E-state index contributed by atoms with van der Waals surface area (Å²) in [6, 6.07) is 5.42. The lowest BCUT2D eigenvalue weighted by Gasteiger charge is -2.25. The van der Waals surface area contributed by atoms with Crippen molar-refractivity contribution in [2.45, 2.75) is 6.92 Å². The lowest BCUT2D eigenvalue weighted by atomic mass is 9.93. The smallest absolute Gasteiger partial charge is 0.0523 e. The number of nitrogens with one attached hydrogen (secondary N) is 1. The highest BCUT2D eigenvalue weighted by atomic mass is 79.9. The lowest BCUT2D eigenvalue weighted by Crippen LogP contribution is -2.34. The van der Waals surface area contributed by atoms with E-state index in [2.05, 4.69) is 21.2 Å². The van der Waals surface area contributed by atoms with Gasteiger partial charge in [0.05, 0.1) is 13.2 Å². The maximum Gasteiger partial charge on any atom is 0.0523 e. The van der Waals surface area contributed by atoms with Crippen LogP contribution in [0.15, 0.2) is 22.7 Å². The molecule has 3 N–H and O–H groups in total. The van der Waals surface area contributed by atoms with Crippen LogP contribution in [0.3, 0.4) is 0 Å². The van der Waals surface area contributed by atoms with Gasteiger partial charge < -0.3 is 15.5 Å². The van der Waals surface area contributed by atoms with Gasteiger partial charge in [0, 0.05) is 27.1 Å². The molecule has 0 aliphatic carbocycles. The van der Waals surface area contributed by atoms with E-state index in [1.54, 1.807) is 12.1 Å². The number of aliphatic hydroxyl groups excluding tert-OH is 2. The van der Waals surface area contributed by atoms with E-state index >= 15 is 0 Å².